The molecule has 114 valence electrons. The molecule has 21 heavy (non-hydrogen) atoms. The van der Waals surface area contributed by atoms with Gasteiger partial charge in [0, 0.05) is 13.1 Å². The molecule has 0 unspecified atom stereocenters. The van der Waals surface area contributed by atoms with Crippen LogP contribution in [0.25, 0.3) is 0 Å². The first-order valence-electron chi connectivity index (χ1n) is 6.97. The Labute approximate surface area is 123 Å². The maximum Gasteiger partial charge on any atom is 0.241 e. The van der Waals surface area contributed by atoms with Crippen LogP contribution in [0.15, 0.2) is 18.2 Å². The van der Waals surface area contributed by atoms with Gasteiger partial charge in [0.1, 0.15) is 0 Å². The highest BCUT2D eigenvalue weighted by Crippen LogP contribution is 2.17. The van der Waals surface area contributed by atoms with Crippen LogP contribution in [-0.4, -0.2) is 43.5 Å². The zero-order valence-electron chi connectivity index (χ0n) is 12.0. The number of nitrogens with zero attached hydrogens (tertiary/aromatic N) is 1. The summed E-state index contributed by atoms with van der Waals surface area (Å²) in [7, 11) is 1.38. The summed E-state index contributed by atoms with van der Waals surface area (Å²) in [6.45, 7) is 1.52. The highest BCUT2D eigenvalue weighted by atomic mass is 19.1. The molecule has 0 spiro atoms. The summed E-state index contributed by atoms with van der Waals surface area (Å²) >= 11 is 0. The standard InChI is InChI=1S/C15H19FN2O3/c1-21-13-5-4-11(8-12(13)16)9-14(19)17-10-15(20)18-6-2-3-7-18/h4-5,8H,2-3,6-7,9-10H2,1H3,(H,17,19). The number of hydrogen-bond acceptors (Lipinski definition) is 3. The molecule has 0 atom stereocenters. The van der Waals surface area contributed by atoms with Crippen LogP contribution in [0.4, 0.5) is 4.39 Å². The van der Waals surface area contributed by atoms with Crippen molar-refractivity contribution in [1.82, 2.24) is 10.2 Å². The Morgan fingerprint density at radius 2 is 2.05 bits per heavy atom. The fourth-order valence-electron chi connectivity index (χ4n) is 2.32. The van der Waals surface area contributed by atoms with E-state index in [-0.39, 0.29) is 30.5 Å². The molecule has 1 aliphatic rings. The van der Waals surface area contributed by atoms with E-state index in [1.165, 1.54) is 19.2 Å². The number of halogens is 1. The largest absolute Gasteiger partial charge is 0.494 e. The van der Waals surface area contributed by atoms with Crippen LogP contribution < -0.4 is 10.1 Å². The number of benzene rings is 1. The molecule has 0 aromatic heterocycles. The Hall–Kier alpha value is -2.11. The molecule has 6 heteroatoms. The fourth-order valence-corrected chi connectivity index (χ4v) is 2.32. The molecule has 2 amide bonds. The summed E-state index contributed by atoms with van der Waals surface area (Å²) < 4.78 is 18.3. The molecule has 0 bridgehead atoms. The van der Waals surface area contributed by atoms with Gasteiger partial charge in [-0.1, -0.05) is 6.07 Å². The van der Waals surface area contributed by atoms with Crippen LogP contribution in [0.5, 0.6) is 5.75 Å². The normalized spacial score (nSPS) is 14.1. The van der Waals surface area contributed by atoms with E-state index in [4.69, 9.17) is 4.74 Å². The maximum absolute atomic E-state index is 13.5. The number of ether oxygens (including phenoxy) is 1. The van der Waals surface area contributed by atoms with Gasteiger partial charge in [0.25, 0.3) is 0 Å². The van der Waals surface area contributed by atoms with Crippen molar-refractivity contribution in [3.63, 3.8) is 0 Å². The quantitative estimate of drug-likeness (QED) is 0.885. The minimum atomic E-state index is -0.504. The zero-order chi connectivity index (χ0) is 15.2. The first-order valence-corrected chi connectivity index (χ1v) is 6.97. The van der Waals surface area contributed by atoms with Crippen LogP contribution in [0.1, 0.15) is 18.4 Å². The molecule has 1 N–H and O–H groups in total. The zero-order valence-corrected chi connectivity index (χ0v) is 12.0. The van der Waals surface area contributed by atoms with E-state index in [1.54, 1.807) is 11.0 Å². The lowest BCUT2D eigenvalue weighted by Crippen LogP contribution is -2.39. The number of likely N-dealkylation sites (tertiary alicyclic amines) is 1. The van der Waals surface area contributed by atoms with Crippen molar-refractivity contribution in [2.45, 2.75) is 19.3 Å². The fraction of sp³-hybridized carbons (Fsp3) is 0.467. The summed E-state index contributed by atoms with van der Waals surface area (Å²) in [5.41, 5.74) is 0.541. The van der Waals surface area contributed by atoms with Crippen molar-refractivity contribution in [2.24, 2.45) is 0 Å². The number of methoxy groups -OCH3 is 1. The van der Waals surface area contributed by atoms with Gasteiger partial charge in [0.2, 0.25) is 11.8 Å². The molecule has 0 radical (unpaired) electrons. The highest BCUT2D eigenvalue weighted by Gasteiger charge is 2.18. The molecule has 0 saturated carbocycles. The van der Waals surface area contributed by atoms with Gasteiger partial charge in [-0.15, -0.1) is 0 Å². The molecule has 0 aliphatic carbocycles. The van der Waals surface area contributed by atoms with Crippen molar-refractivity contribution in [2.75, 3.05) is 26.7 Å². The smallest absolute Gasteiger partial charge is 0.241 e. The topological polar surface area (TPSA) is 58.6 Å². The molecule has 1 saturated heterocycles. The van der Waals surface area contributed by atoms with Crippen molar-refractivity contribution < 1.29 is 18.7 Å². The number of carbonyl (C=O) groups excluding carboxylic acids is 2. The molecule has 1 aliphatic heterocycles. The number of carbonyl (C=O) groups is 2. The predicted molar refractivity (Wildman–Crippen MR) is 75.5 cm³/mol. The van der Waals surface area contributed by atoms with E-state index in [2.05, 4.69) is 5.32 Å². The van der Waals surface area contributed by atoms with Crippen molar-refractivity contribution >= 4 is 11.8 Å². The molecule has 1 aromatic carbocycles. The van der Waals surface area contributed by atoms with Gasteiger partial charge in [0.15, 0.2) is 11.6 Å². The third-order valence-electron chi connectivity index (χ3n) is 3.48. The summed E-state index contributed by atoms with van der Waals surface area (Å²) in [5, 5.41) is 2.57. The second-order valence-electron chi connectivity index (χ2n) is 5.01. The third-order valence-corrected chi connectivity index (χ3v) is 3.48. The average Bonchev–Trinajstić information content (AvgIpc) is 2.99. The molecular weight excluding hydrogens is 275 g/mol. The maximum atomic E-state index is 13.5. The van der Waals surface area contributed by atoms with E-state index in [9.17, 15) is 14.0 Å². The summed E-state index contributed by atoms with van der Waals surface area (Å²) in [6.07, 6.45) is 2.07. The van der Waals surface area contributed by atoms with Gasteiger partial charge in [-0.3, -0.25) is 9.59 Å². The molecule has 2 rings (SSSR count). The Morgan fingerprint density at radius 3 is 2.67 bits per heavy atom. The van der Waals surface area contributed by atoms with Gasteiger partial charge in [0.05, 0.1) is 20.1 Å². The van der Waals surface area contributed by atoms with Crippen LogP contribution >= 0.6 is 0 Å². The lowest BCUT2D eigenvalue weighted by molar-refractivity contribution is -0.131. The molecule has 1 aromatic rings. The Balaban J connectivity index is 1.81. The first-order chi connectivity index (χ1) is 10.1. The second-order valence-corrected chi connectivity index (χ2v) is 5.01. The summed E-state index contributed by atoms with van der Waals surface area (Å²) in [6, 6.07) is 4.37. The minimum Gasteiger partial charge on any atom is -0.494 e. The number of amides is 2. The van der Waals surface area contributed by atoms with Gasteiger partial charge < -0.3 is 15.0 Å². The molecule has 1 fully saturated rings. The Bertz CT molecular complexity index is 528. The monoisotopic (exact) mass is 294 g/mol. The SMILES string of the molecule is COc1ccc(CC(=O)NCC(=O)N2CCCC2)cc1F. The first kappa shape index (κ1) is 15.3. The van der Waals surface area contributed by atoms with Gasteiger partial charge in [-0.25, -0.2) is 4.39 Å². The highest BCUT2D eigenvalue weighted by molar-refractivity contribution is 5.85. The predicted octanol–water partition coefficient (Wildman–Crippen LogP) is 1.12. The van der Waals surface area contributed by atoms with Crippen LogP contribution in [0, 0.1) is 5.82 Å². The third kappa shape index (κ3) is 4.18. The summed E-state index contributed by atoms with van der Waals surface area (Å²) in [4.78, 5) is 25.3. The molecule has 5 nitrogen and oxygen atoms in total. The lowest BCUT2D eigenvalue weighted by atomic mass is 10.1. The van der Waals surface area contributed by atoms with Gasteiger partial charge in [-0.05, 0) is 30.5 Å². The van der Waals surface area contributed by atoms with Crippen molar-refractivity contribution in [3.8, 4) is 5.75 Å². The van der Waals surface area contributed by atoms with E-state index in [0.29, 0.717) is 5.56 Å². The van der Waals surface area contributed by atoms with Crippen LogP contribution in [0.3, 0.4) is 0 Å². The van der Waals surface area contributed by atoms with Crippen molar-refractivity contribution in [1.29, 1.82) is 0 Å². The number of nitrogens with one attached hydrogen (secondary N) is 1. The van der Waals surface area contributed by atoms with Gasteiger partial charge >= 0.3 is 0 Å². The molecular formula is C15H19FN2O3. The van der Waals surface area contributed by atoms with Crippen molar-refractivity contribution in [3.05, 3.63) is 29.6 Å². The van der Waals surface area contributed by atoms with E-state index < -0.39 is 5.82 Å². The lowest BCUT2D eigenvalue weighted by Gasteiger charge is -2.15. The van der Waals surface area contributed by atoms with Crippen LogP contribution in [0.2, 0.25) is 0 Å². The number of rotatable bonds is 5. The van der Waals surface area contributed by atoms with E-state index in [1.807, 2.05) is 0 Å². The average molecular weight is 294 g/mol. The Morgan fingerprint density at radius 1 is 1.33 bits per heavy atom. The van der Waals surface area contributed by atoms with Gasteiger partial charge in [-0.2, -0.15) is 0 Å². The minimum absolute atomic E-state index is 0.00251. The number of hydrogen-bond donors (Lipinski definition) is 1. The Kier molecular flexibility index (Phi) is 5.14. The second kappa shape index (κ2) is 7.06. The molecule has 1 heterocycles. The van der Waals surface area contributed by atoms with Crippen LogP contribution in [-0.2, 0) is 16.0 Å². The van der Waals surface area contributed by atoms with E-state index in [0.717, 1.165) is 25.9 Å². The summed E-state index contributed by atoms with van der Waals surface area (Å²) in [5.74, 6) is -0.729. The van der Waals surface area contributed by atoms with E-state index >= 15 is 0 Å².